The lowest BCUT2D eigenvalue weighted by atomic mass is 10.0. The van der Waals surface area contributed by atoms with Crippen LogP contribution in [0.4, 0.5) is 0 Å². The second kappa shape index (κ2) is 10.4. The standard InChI is InChI=1S/C42H25N5O/c1-2-11-26(12-3-1)39-44-40(46-41(45-39)30-21-22-32-31-16-5-9-20-37(31)48-38(32)25-30)29-15-10-14-27(23-29)33-24-28-13-4-7-18-35(28)47-36-19-8-6-17-34(36)43-42(33)47/h1-25H. The van der Waals surface area contributed by atoms with E-state index in [4.69, 9.17) is 24.4 Å². The maximum Gasteiger partial charge on any atom is 0.164 e. The second-order valence-electron chi connectivity index (χ2n) is 11.9. The van der Waals surface area contributed by atoms with Crippen LogP contribution in [0.3, 0.4) is 0 Å². The van der Waals surface area contributed by atoms with Gasteiger partial charge < -0.3 is 4.42 Å². The van der Waals surface area contributed by atoms with Gasteiger partial charge in [-0.2, -0.15) is 0 Å². The van der Waals surface area contributed by atoms with Gasteiger partial charge in [-0.1, -0.05) is 103 Å². The SMILES string of the molecule is c1ccc(-c2nc(-c3cccc(-c4cc5ccccc5n5c4nc4ccccc45)c3)nc(-c3ccc4c(c3)oc3ccccc34)n2)cc1. The summed E-state index contributed by atoms with van der Waals surface area (Å²) in [5, 5.41) is 3.29. The Morgan fingerprint density at radius 1 is 0.417 bits per heavy atom. The Bertz CT molecular complexity index is 2850. The maximum absolute atomic E-state index is 6.22. The number of pyridine rings is 1. The van der Waals surface area contributed by atoms with Crippen LogP contribution in [0.2, 0.25) is 0 Å². The van der Waals surface area contributed by atoms with Crippen molar-refractivity contribution >= 4 is 49.5 Å². The molecule has 10 aromatic rings. The Kier molecular flexibility index (Phi) is 5.77. The zero-order chi connectivity index (χ0) is 31.6. The summed E-state index contributed by atoms with van der Waals surface area (Å²) in [5.74, 6) is 1.79. The molecule has 0 spiro atoms. The van der Waals surface area contributed by atoms with Gasteiger partial charge in [-0.15, -0.1) is 0 Å². The van der Waals surface area contributed by atoms with Gasteiger partial charge in [-0.05, 0) is 59.5 Å². The molecule has 0 saturated heterocycles. The highest BCUT2D eigenvalue weighted by Gasteiger charge is 2.17. The van der Waals surface area contributed by atoms with Crippen molar-refractivity contribution in [3.63, 3.8) is 0 Å². The molecule has 0 fully saturated rings. The molecule has 224 valence electrons. The fourth-order valence-corrected chi connectivity index (χ4v) is 6.74. The van der Waals surface area contributed by atoms with E-state index >= 15 is 0 Å². The summed E-state index contributed by atoms with van der Waals surface area (Å²) >= 11 is 0. The summed E-state index contributed by atoms with van der Waals surface area (Å²) in [4.78, 5) is 20.1. The van der Waals surface area contributed by atoms with Crippen LogP contribution in [0, 0.1) is 0 Å². The number of fused-ring (bicyclic) bond motifs is 8. The molecule has 4 heterocycles. The van der Waals surface area contributed by atoms with E-state index in [1.165, 1.54) is 0 Å². The minimum Gasteiger partial charge on any atom is -0.456 e. The quantitative estimate of drug-likeness (QED) is 0.197. The molecule has 0 amide bonds. The zero-order valence-corrected chi connectivity index (χ0v) is 25.6. The summed E-state index contributed by atoms with van der Waals surface area (Å²) in [6, 6.07) is 51.7. The summed E-state index contributed by atoms with van der Waals surface area (Å²) in [5.41, 5.74) is 10.5. The van der Waals surface area contributed by atoms with Crippen LogP contribution >= 0.6 is 0 Å². The number of imidazole rings is 1. The highest BCUT2D eigenvalue weighted by Crippen LogP contribution is 2.35. The van der Waals surface area contributed by atoms with E-state index in [1.54, 1.807) is 0 Å². The third-order valence-corrected chi connectivity index (χ3v) is 9.02. The molecule has 0 aliphatic rings. The predicted molar refractivity (Wildman–Crippen MR) is 193 cm³/mol. The Morgan fingerprint density at radius 2 is 1.06 bits per heavy atom. The number of benzene rings is 6. The van der Waals surface area contributed by atoms with Crippen molar-refractivity contribution in [3.8, 4) is 45.3 Å². The molecule has 0 unspecified atom stereocenters. The van der Waals surface area contributed by atoms with Crippen molar-refractivity contribution in [1.82, 2.24) is 24.3 Å². The van der Waals surface area contributed by atoms with Crippen LogP contribution in [0.1, 0.15) is 0 Å². The molecule has 48 heavy (non-hydrogen) atoms. The fourth-order valence-electron chi connectivity index (χ4n) is 6.74. The van der Waals surface area contributed by atoms with E-state index in [-0.39, 0.29) is 0 Å². The third-order valence-electron chi connectivity index (χ3n) is 9.02. The van der Waals surface area contributed by atoms with Crippen LogP contribution in [0.25, 0.3) is 94.8 Å². The van der Waals surface area contributed by atoms with Gasteiger partial charge in [0, 0.05) is 33.0 Å². The van der Waals surface area contributed by atoms with Crippen LogP contribution < -0.4 is 0 Å². The van der Waals surface area contributed by atoms with Gasteiger partial charge in [0.25, 0.3) is 0 Å². The normalized spacial score (nSPS) is 11.8. The lowest BCUT2D eigenvalue weighted by Gasteiger charge is -2.11. The van der Waals surface area contributed by atoms with Gasteiger partial charge >= 0.3 is 0 Å². The lowest BCUT2D eigenvalue weighted by Crippen LogP contribution is -2.00. The lowest BCUT2D eigenvalue weighted by molar-refractivity contribution is 0.669. The first-order valence-corrected chi connectivity index (χ1v) is 15.9. The van der Waals surface area contributed by atoms with Gasteiger partial charge in [0.15, 0.2) is 17.5 Å². The van der Waals surface area contributed by atoms with Gasteiger partial charge in [0.1, 0.15) is 16.8 Å². The molecule has 0 saturated carbocycles. The topological polar surface area (TPSA) is 69.1 Å². The Morgan fingerprint density at radius 3 is 1.94 bits per heavy atom. The number of hydrogen-bond acceptors (Lipinski definition) is 5. The predicted octanol–water partition coefficient (Wildman–Crippen LogP) is 10.4. The van der Waals surface area contributed by atoms with Gasteiger partial charge in [-0.25, -0.2) is 19.9 Å². The largest absolute Gasteiger partial charge is 0.456 e. The molecule has 6 aromatic carbocycles. The highest BCUT2D eigenvalue weighted by atomic mass is 16.3. The van der Waals surface area contributed by atoms with Crippen molar-refractivity contribution in [1.29, 1.82) is 0 Å². The minimum absolute atomic E-state index is 0.583. The third kappa shape index (κ3) is 4.20. The molecule has 0 aliphatic heterocycles. The Balaban J connectivity index is 1.17. The summed E-state index contributed by atoms with van der Waals surface area (Å²) in [6.07, 6.45) is 0. The zero-order valence-electron chi connectivity index (χ0n) is 25.6. The number of furan rings is 1. The minimum atomic E-state index is 0.583. The summed E-state index contributed by atoms with van der Waals surface area (Å²) in [6.45, 7) is 0. The number of rotatable bonds is 4. The van der Waals surface area contributed by atoms with Gasteiger partial charge in [0.05, 0.1) is 16.6 Å². The first kappa shape index (κ1) is 26.5. The van der Waals surface area contributed by atoms with Gasteiger partial charge in [0.2, 0.25) is 0 Å². The van der Waals surface area contributed by atoms with E-state index in [0.717, 1.165) is 77.3 Å². The number of aromatic nitrogens is 5. The average molecular weight is 616 g/mol. The van der Waals surface area contributed by atoms with E-state index in [2.05, 4.69) is 95.4 Å². The molecular weight excluding hydrogens is 590 g/mol. The molecule has 0 radical (unpaired) electrons. The Hall–Kier alpha value is -6.66. The molecule has 0 aliphatic carbocycles. The first-order chi connectivity index (χ1) is 23.8. The fraction of sp³-hybridized carbons (Fsp3) is 0. The van der Waals surface area contributed by atoms with Crippen molar-refractivity contribution in [2.75, 3.05) is 0 Å². The van der Waals surface area contributed by atoms with Crippen molar-refractivity contribution in [3.05, 3.63) is 152 Å². The van der Waals surface area contributed by atoms with E-state index in [9.17, 15) is 0 Å². The van der Waals surface area contributed by atoms with E-state index in [1.807, 2.05) is 60.7 Å². The maximum atomic E-state index is 6.22. The van der Waals surface area contributed by atoms with Crippen molar-refractivity contribution < 1.29 is 4.42 Å². The molecule has 4 aromatic heterocycles. The number of hydrogen-bond donors (Lipinski definition) is 0. The van der Waals surface area contributed by atoms with Crippen molar-refractivity contribution in [2.45, 2.75) is 0 Å². The molecule has 0 N–H and O–H groups in total. The van der Waals surface area contributed by atoms with Crippen LogP contribution in [0.5, 0.6) is 0 Å². The number of nitrogens with zero attached hydrogens (tertiary/aromatic N) is 5. The molecule has 6 heteroatoms. The van der Waals surface area contributed by atoms with E-state index < -0.39 is 0 Å². The van der Waals surface area contributed by atoms with Crippen molar-refractivity contribution in [2.24, 2.45) is 0 Å². The summed E-state index contributed by atoms with van der Waals surface area (Å²) in [7, 11) is 0. The van der Waals surface area contributed by atoms with Crippen LogP contribution in [0.15, 0.2) is 156 Å². The van der Waals surface area contributed by atoms with Crippen LogP contribution in [-0.2, 0) is 0 Å². The monoisotopic (exact) mass is 615 g/mol. The summed E-state index contributed by atoms with van der Waals surface area (Å²) < 4.78 is 8.48. The smallest absolute Gasteiger partial charge is 0.164 e. The van der Waals surface area contributed by atoms with Gasteiger partial charge in [-0.3, -0.25) is 4.40 Å². The second-order valence-corrected chi connectivity index (χ2v) is 11.9. The molecule has 0 atom stereocenters. The highest BCUT2D eigenvalue weighted by molar-refractivity contribution is 6.05. The Labute approximate surface area is 274 Å². The molecule has 10 rings (SSSR count). The number of para-hydroxylation sites is 4. The average Bonchev–Trinajstić information content (AvgIpc) is 3.73. The molecule has 0 bridgehead atoms. The van der Waals surface area contributed by atoms with Crippen LogP contribution in [-0.4, -0.2) is 24.3 Å². The molecular formula is C42H25N5O. The molecule has 6 nitrogen and oxygen atoms in total. The first-order valence-electron chi connectivity index (χ1n) is 15.9. The van der Waals surface area contributed by atoms with E-state index in [0.29, 0.717) is 17.5 Å².